The van der Waals surface area contributed by atoms with Crippen molar-refractivity contribution in [3.63, 3.8) is 0 Å². The highest BCUT2D eigenvalue weighted by molar-refractivity contribution is 6.13. The maximum atomic E-state index is 9.20. The molecule has 0 fully saturated rings. The lowest BCUT2D eigenvalue weighted by Crippen LogP contribution is -2.35. The summed E-state index contributed by atoms with van der Waals surface area (Å²) in [5.74, 6) is -0.985. The SMILES string of the molecule is [2H]c1c(C([2H])([2H])C(C)(C)C)c([2H])c(-c2c(C)ccc3c2oc2c([N+]#[C-])c(C([2H])(C)C)ccc23)[n+](C)c1C. The van der Waals surface area contributed by atoms with Gasteiger partial charge in [0.1, 0.15) is 18.2 Å². The molecule has 0 aliphatic heterocycles. The molecule has 4 rings (SSSR count). The van der Waals surface area contributed by atoms with Crippen molar-refractivity contribution in [3.05, 3.63) is 70.2 Å². The first-order valence-corrected chi connectivity index (χ1v) is 10.8. The third-order valence-corrected chi connectivity index (χ3v) is 5.77. The summed E-state index contributed by atoms with van der Waals surface area (Å²) in [6.07, 6.45) is -1.93. The number of hydrogen-bond donors (Lipinski definition) is 0. The predicted octanol–water partition coefficient (Wildman–Crippen LogP) is 7.96. The minimum Gasteiger partial charge on any atom is -0.466 e. The lowest BCUT2D eigenvalue weighted by atomic mass is 9.87. The molecule has 2 aromatic heterocycles. The van der Waals surface area contributed by atoms with Crippen LogP contribution in [0.1, 0.15) is 69.8 Å². The molecule has 3 nitrogen and oxygen atoms in total. The minimum atomic E-state index is -1.93. The van der Waals surface area contributed by atoms with Gasteiger partial charge in [-0.05, 0) is 41.3 Å². The normalized spacial score (nSPS) is 15.2. The van der Waals surface area contributed by atoms with Crippen molar-refractivity contribution >= 4 is 27.6 Å². The van der Waals surface area contributed by atoms with Crippen LogP contribution in [0.3, 0.4) is 0 Å². The van der Waals surface area contributed by atoms with Crippen molar-refractivity contribution in [1.29, 1.82) is 0 Å². The van der Waals surface area contributed by atoms with Crippen LogP contribution in [-0.2, 0) is 13.4 Å². The number of pyridine rings is 1. The van der Waals surface area contributed by atoms with Gasteiger partial charge in [0, 0.05) is 33.9 Å². The van der Waals surface area contributed by atoms with Crippen LogP contribution in [0.2, 0.25) is 0 Å². The summed E-state index contributed by atoms with van der Waals surface area (Å²) in [4.78, 5) is 3.74. The van der Waals surface area contributed by atoms with Crippen molar-refractivity contribution < 1.29 is 15.8 Å². The highest BCUT2D eigenvalue weighted by atomic mass is 16.3. The fourth-order valence-electron chi connectivity index (χ4n) is 4.13. The van der Waals surface area contributed by atoms with Crippen LogP contribution >= 0.6 is 0 Å². The number of rotatable bonds is 3. The van der Waals surface area contributed by atoms with Crippen LogP contribution in [-0.4, -0.2) is 0 Å². The molecule has 0 N–H and O–H groups in total. The molecule has 0 saturated carbocycles. The molecule has 0 aliphatic carbocycles. The Morgan fingerprint density at radius 1 is 1.12 bits per heavy atom. The molecular formula is C29H33N2O+. The van der Waals surface area contributed by atoms with E-state index in [0.717, 1.165) is 16.3 Å². The largest absolute Gasteiger partial charge is 0.466 e. The molecule has 2 heterocycles. The first-order valence-electron chi connectivity index (χ1n) is 13.3. The number of fused-ring (bicyclic) bond motifs is 3. The van der Waals surface area contributed by atoms with Crippen LogP contribution in [0.5, 0.6) is 0 Å². The van der Waals surface area contributed by atoms with Crippen molar-refractivity contribution in [2.75, 3.05) is 0 Å². The van der Waals surface area contributed by atoms with E-state index in [2.05, 4.69) is 4.85 Å². The summed E-state index contributed by atoms with van der Waals surface area (Å²) in [5, 5.41) is 1.53. The van der Waals surface area contributed by atoms with Crippen molar-refractivity contribution in [1.82, 2.24) is 0 Å². The maximum Gasteiger partial charge on any atom is 0.232 e. The zero-order valence-electron chi connectivity index (χ0n) is 25.1. The van der Waals surface area contributed by atoms with Crippen LogP contribution in [0.15, 0.2) is 40.8 Å². The number of hydrogen-bond acceptors (Lipinski definition) is 1. The molecule has 164 valence electrons. The second kappa shape index (κ2) is 7.78. The van der Waals surface area contributed by atoms with Gasteiger partial charge in [-0.3, -0.25) is 0 Å². The highest BCUT2D eigenvalue weighted by Gasteiger charge is 2.25. The summed E-state index contributed by atoms with van der Waals surface area (Å²) in [7, 11) is 1.78. The van der Waals surface area contributed by atoms with E-state index in [1.807, 2.05) is 31.2 Å². The Kier molecular flexibility index (Phi) is 4.01. The highest BCUT2D eigenvalue weighted by Crippen LogP contribution is 2.43. The second-order valence-electron chi connectivity index (χ2n) is 9.68. The van der Waals surface area contributed by atoms with Gasteiger partial charge >= 0.3 is 0 Å². The standard InChI is InChI=1S/C29H33N2O/c1-17(2)21-12-13-23-22-11-10-18(3)25(27(22)32-28(23)26(21)30-8)24-15-20(16-29(5,6)7)14-19(4)31(24)9/h10-15,17H,16H2,1-7,9H3/q+1/i14D,15D,16D2,17D. The van der Waals surface area contributed by atoms with E-state index in [9.17, 15) is 1.37 Å². The van der Waals surface area contributed by atoms with Gasteiger partial charge in [0.05, 0.1) is 14.9 Å². The van der Waals surface area contributed by atoms with Gasteiger partial charge in [0.2, 0.25) is 11.4 Å². The molecule has 0 unspecified atom stereocenters. The monoisotopic (exact) mass is 430 g/mol. The number of aromatic nitrogens is 1. The molecule has 3 heteroatoms. The minimum absolute atomic E-state index is 0.0169. The first-order chi connectivity index (χ1) is 16.9. The Hall–Kier alpha value is -3.12. The van der Waals surface area contributed by atoms with Gasteiger partial charge in [-0.25, -0.2) is 4.85 Å². The zero-order valence-corrected chi connectivity index (χ0v) is 20.1. The molecule has 0 radical (unpaired) electrons. The van der Waals surface area contributed by atoms with Crippen LogP contribution in [0.25, 0.3) is 38.0 Å². The fraction of sp³-hybridized carbons (Fsp3) is 0.379. The summed E-state index contributed by atoms with van der Waals surface area (Å²) in [6, 6.07) is 7.53. The first kappa shape index (κ1) is 16.5. The second-order valence-corrected chi connectivity index (χ2v) is 9.68. The third-order valence-electron chi connectivity index (χ3n) is 5.77. The molecule has 4 aromatic rings. The van der Waals surface area contributed by atoms with Crippen LogP contribution in [0.4, 0.5) is 5.69 Å². The molecule has 0 atom stereocenters. The van der Waals surface area contributed by atoms with Gasteiger partial charge in [-0.1, -0.05) is 58.9 Å². The average Bonchev–Trinajstić information content (AvgIpc) is 3.15. The third kappa shape index (κ3) is 3.69. The van der Waals surface area contributed by atoms with Crippen LogP contribution in [0, 0.1) is 25.8 Å². The zero-order chi connectivity index (χ0) is 27.8. The van der Waals surface area contributed by atoms with E-state index in [0.29, 0.717) is 39.4 Å². The Balaban J connectivity index is 2.20. The van der Waals surface area contributed by atoms with Crippen molar-refractivity contribution in [3.8, 4) is 11.3 Å². The Labute approximate surface area is 198 Å². The molecule has 0 spiro atoms. The number of aryl methyl sites for hydroxylation is 1. The predicted molar refractivity (Wildman–Crippen MR) is 133 cm³/mol. The Bertz CT molecular complexity index is 1630. The van der Waals surface area contributed by atoms with E-state index in [4.69, 9.17) is 16.5 Å². The number of furan rings is 1. The lowest BCUT2D eigenvalue weighted by Gasteiger charge is -2.18. The van der Waals surface area contributed by atoms with Crippen molar-refractivity contribution in [2.24, 2.45) is 12.5 Å². The van der Waals surface area contributed by atoms with E-state index in [1.54, 1.807) is 53.2 Å². The Morgan fingerprint density at radius 2 is 1.78 bits per heavy atom. The molecular weight excluding hydrogens is 392 g/mol. The quantitative estimate of drug-likeness (QED) is 0.239. The summed E-state index contributed by atoms with van der Waals surface area (Å²) in [5.41, 5.74) is 3.48. The molecule has 0 bridgehead atoms. The summed E-state index contributed by atoms with van der Waals surface area (Å²) < 4.78 is 52.5. The molecule has 0 amide bonds. The van der Waals surface area contributed by atoms with Crippen LogP contribution < -0.4 is 4.57 Å². The average molecular weight is 431 g/mol. The van der Waals surface area contributed by atoms with Gasteiger partial charge in [-0.2, -0.15) is 4.57 Å². The van der Waals surface area contributed by atoms with E-state index < -0.39 is 17.7 Å². The molecule has 2 aromatic carbocycles. The lowest BCUT2D eigenvalue weighted by molar-refractivity contribution is -0.666. The summed E-state index contributed by atoms with van der Waals surface area (Å²) in [6.45, 7) is 20.3. The topological polar surface area (TPSA) is 21.4 Å². The summed E-state index contributed by atoms with van der Waals surface area (Å²) >= 11 is 0. The molecule has 0 aliphatic rings. The smallest absolute Gasteiger partial charge is 0.232 e. The van der Waals surface area contributed by atoms with Crippen molar-refractivity contribution in [2.45, 2.75) is 60.7 Å². The fourth-order valence-corrected chi connectivity index (χ4v) is 4.13. The molecule has 0 saturated heterocycles. The van der Waals surface area contributed by atoms with Gasteiger partial charge in [0.15, 0.2) is 5.69 Å². The number of nitrogens with zero attached hydrogens (tertiary/aromatic N) is 2. The van der Waals surface area contributed by atoms with E-state index >= 15 is 0 Å². The van der Waals surface area contributed by atoms with E-state index in [1.165, 1.54) is 0 Å². The van der Waals surface area contributed by atoms with Gasteiger partial charge < -0.3 is 4.42 Å². The Morgan fingerprint density at radius 3 is 2.41 bits per heavy atom. The molecule has 32 heavy (non-hydrogen) atoms. The number of benzene rings is 2. The van der Waals surface area contributed by atoms with Gasteiger partial charge in [0.25, 0.3) is 0 Å². The van der Waals surface area contributed by atoms with Gasteiger partial charge in [-0.15, -0.1) is 0 Å². The van der Waals surface area contributed by atoms with E-state index in [-0.39, 0.29) is 17.6 Å². The maximum absolute atomic E-state index is 9.20.